The standard InChI is InChI=1S/C22H22N2O4S/c1-16-15-29-22(27)24(16)13-21(26)28-14-20(25)23-19(18-10-6-3-7-11-18)12-17-8-4-2-5-9-17/h2-11,15,19H,12-14H2,1H3,(H,23,25)/t19-/m1/s1. The highest BCUT2D eigenvalue weighted by atomic mass is 32.1. The second-order valence-corrected chi connectivity index (χ2v) is 7.43. The first kappa shape index (κ1) is 20.5. The van der Waals surface area contributed by atoms with Crippen LogP contribution < -0.4 is 10.2 Å². The summed E-state index contributed by atoms with van der Waals surface area (Å²) in [6.45, 7) is 1.15. The summed E-state index contributed by atoms with van der Waals surface area (Å²) in [4.78, 5) is 35.9. The van der Waals surface area contributed by atoms with Crippen molar-refractivity contribution in [1.82, 2.24) is 9.88 Å². The Kier molecular flexibility index (Phi) is 6.97. The van der Waals surface area contributed by atoms with Crippen LogP contribution in [-0.4, -0.2) is 23.1 Å². The van der Waals surface area contributed by atoms with E-state index in [0.717, 1.165) is 22.5 Å². The maximum Gasteiger partial charge on any atom is 0.326 e. The Morgan fingerprint density at radius 1 is 1.07 bits per heavy atom. The first-order valence-corrected chi connectivity index (χ1v) is 10.1. The van der Waals surface area contributed by atoms with Gasteiger partial charge in [0, 0.05) is 11.1 Å². The summed E-state index contributed by atoms with van der Waals surface area (Å²) in [6.07, 6.45) is 0.619. The van der Waals surface area contributed by atoms with Gasteiger partial charge < -0.3 is 10.1 Å². The van der Waals surface area contributed by atoms with E-state index in [1.54, 1.807) is 12.3 Å². The molecule has 29 heavy (non-hydrogen) atoms. The predicted octanol–water partition coefficient (Wildman–Crippen LogP) is 2.86. The number of nitrogens with zero attached hydrogens (tertiary/aromatic N) is 1. The molecule has 0 saturated carbocycles. The molecule has 1 aromatic heterocycles. The molecule has 1 amide bonds. The Labute approximate surface area is 172 Å². The molecule has 0 aliphatic carbocycles. The molecule has 0 aliphatic heterocycles. The molecule has 1 N–H and O–H groups in total. The SMILES string of the molecule is Cc1csc(=O)n1CC(=O)OCC(=O)N[C@H](Cc1ccccc1)c1ccccc1. The van der Waals surface area contributed by atoms with Crippen LogP contribution in [0.3, 0.4) is 0 Å². The second-order valence-electron chi connectivity index (χ2n) is 6.61. The number of esters is 1. The van der Waals surface area contributed by atoms with E-state index in [4.69, 9.17) is 4.74 Å². The van der Waals surface area contributed by atoms with Gasteiger partial charge >= 0.3 is 10.8 Å². The average molecular weight is 410 g/mol. The van der Waals surface area contributed by atoms with Crippen LogP contribution in [0.15, 0.2) is 70.8 Å². The molecule has 0 bridgehead atoms. The summed E-state index contributed by atoms with van der Waals surface area (Å²) in [5.74, 6) is -1.01. The number of benzene rings is 2. The molecule has 3 rings (SSSR count). The van der Waals surface area contributed by atoms with E-state index < -0.39 is 18.5 Å². The molecule has 0 spiro atoms. The van der Waals surface area contributed by atoms with Gasteiger partial charge in [0.15, 0.2) is 6.61 Å². The van der Waals surface area contributed by atoms with E-state index in [0.29, 0.717) is 12.1 Å². The van der Waals surface area contributed by atoms with Gasteiger partial charge in [-0.05, 0) is 24.5 Å². The Morgan fingerprint density at radius 3 is 2.34 bits per heavy atom. The van der Waals surface area contributed by atoms with Crippen LogP contribution >= 0.6 is 11.3 Å². The number of hydrogen-bond acceptors (Lipinski definition) is 5. The smallest absolute Gasteiger partial charge is 0.326 e. The first-order valence-electron chi connectivity index (χ1n) is 9.21. The highest BCUT2D eigenvalue weighted by molar-refractivity contribution is 7.07. The zero-order valence-corrected chi connectivity index (χ0v) is 16.9. The van der Waals surface area contributed by atoms with Crippen molar-refractivity contribution in [3.63, 3.8) is 0 Å². The molecule has 0 unspecified atom stereocenters. The number of nitrogens with one attached hydrogen (secondary N) is 1. The molecule has 0 fully saturated rings. The Balaban J connectivity index is 1.59. The Bertz CT molecular complexity index is 1010. The predicted molar refractivity (Wildman–Crippen MR) is 112 cm³/mol. The van der Waals surface area contributed by atoms with E-state index in [1.165, 1.54) is 4.57 Å². The third-order valence-electron chi connectivity index (χ3n) is 4.45. The number of aryl methyl sites for hydroxylation is 1. The zero-order chi connectivity index (χ0) is 20.6. The number of carbonyl (C=O) groups is 2. The number of carbonyl (C=O) groups excluding carboxylic acids is 2. The molecule has 0 saturated heterocycles. The number of hydrogen-bond donors (Lipinski definition) is 1. The number of thiazole rings is 1. The fourth-order valence-electron chi connectivity index (χ4n) is 2.94. The van der Waals surface area contributed by atoms with Crippen molar-refractivity contribution in [3.8, 4) is 0 Å². The lowest BCUT2D eigenvalue weighted by molar-refractivity contribution is -0.149. The van der Waals surface area contributed by atoms with Crippen LogP contribution in [-0.2, 0) is 27.3 Å². The minimum atomic E-state index is -0.622. The van der Waals surface area contributed by atoms with E-state index in [1.807, 2.05) is 60.7 Å². The fraction of sp³-hybridized carbons (Fsp3) is 0.227. The molecular weight excluding hydrogens is 388 g/mol. The van der Waals surface area contributed by atoms with Crippen molar-refractivity contribution in [2.24, 2.45) is 0 Å². The van der Waals surface area contributed by atoms with Gasteiger partial charge in [-0.2, -0.15) is 0 Å². The molecule has 6 nitrogen and oxygen atoms in total. The van der Waals surface area contributed by atoms with Crippen LogP contribution in [0.1, 0.15) is 22.9 Å². The van der Waals surface area contributed by atoms with E-state index in [2.05, 4.69) is 5.32 Å². The van der Waals surface area contributed by atoms with Crippen molar-refractivity contribution in [2.75, 3.05) is 6.61 Å². The van der Waals surface area contributed by atoms with Crippen molar-refractivity contribution >= 4 is 23.2 Å². The Hall–Kier alpha value is -3.19. The largest absolute Gasteiger partial charge is 0.454 e. The average Bonchev–Trinajstić information content (AvgIpc) is 3.05. The first-order chi connectivity index (χ1) is 14.0. The van der Waals surface area contributed by atoms with Gasteiger partial charge in [0.2, 0.25) is 0 Å². The molecule has 0 radical (unpaired) electrons. The molecule has 1 atom stereocenters. The second kappa shape index (κ2) is 9.84. The van der Waals surface area contributed by atoms with Crippen LogP contribution in [0.25, 0.3) is 0 Å². The zero-order valence-electron chi connectivity index (χ0n) is 16.0. The van der Waals surface area contributed by atoms with E-state index >= 15 is 0 Å². The van der Waals surface area contributed by atoms with Gasteiger partial charge in [-0.15, -0.1) is 0 Å². The molecule has 7 heteroatoms. The lowest BCUT2D eigenvalue weighted by Gasteiger charge is -2.19. The summed E-state index contributed by atoms with van der Waals surface area (Å²) in [5.41, 5.74) is 2.75. The summed E-state index contributed by atoms with van der Waals surface area (Å²) < 4.78 is 6.39. The maximum absolute atomic E-state index is 12.4. The molecule has 150 valence electrons. The van der Waals surface area contributed by atoms with Gasteiger partial charge in [-0.25, -0.2) is 0 Å². The normalized spacial score (nSPS) is 11.6. The van der Waals surface area contributed by atoms with Gasteiger partial charge in [-0.3, -0.25) is 19.0 Å². The number of amides is 1. The van der Waals surface area contributed by atoms with Crippen LogP contribution in [0, 0.1) is 6.92 Å². The van der Waals surface area contributed by atoms with Crippen LogP contribution in [0.4, 0.5) is 0 Å². The van der Waals surface area contributed by atoms with Crippen molar-refractivity contribution < 1.29 is 14.3 Å². The van der Waals surface area contributed by atoms with Crippen molar-refractivity contribution in [1.29, 1.82) is 0 Å². The summed E-state index contributed by atoms with van der Waals surface area (Å²) in [7, 11) is 0. The number of aromatic nitrogens is 1. The van der Waals surface area contributed by atoms with Crippen LogP contribution in [0.2, 0.25) is 0 Å². The highest BCUT2D eigenvalue weighted by Gasteiger charge is 2.17. The highest BCUT2D eigenvalue weighted by Crippen LogP contribution is 2.18. The van der Waals surface area contributed by atoms with E-state index in [9.17, 15) is 14.4 Å². The minimum Gasteiger partial charge on any atom is -0.454 e. The van der Waals surface area contributed by atoms with Gasteiger partial charge in [0.25, 0.3) is 5.91 Å². The summed E-state index contributed by atoms with van der Waals surface area (Å²) >= 11 is 1.02. The summed E-state index contributed by atoms with van der Waals surface area (Å²) in [6, 6.07) is 19.3. The van der Waals surface area contributed by atoms with Gasteiger partial charge in [0.1, 0.15) is 6.54 Å². The third kappa shape index (κ3) is 5.89. The monoisotopic (exact) mass is 410 g/mol. The maximum atomic E-state index is 12.4. The van der Waals surface area contributed by atoms with E-state index in [-0.39, 0.29) is 17.5 Å². The summed E-state index contributed by atoms with van der Waals surface area (Å²) in [5, 5.41) is 4.61. The minimum absolute atomic E-state index is 0.201. The number of ether oxygens (including phenoxy) is 1. The molecule has 2 aromatic carbocycles. The van der Waals surface area contributed by atoms with Crippen LogP contribution in [0.5, 0.6) is 0 Å². The lowest BCUT2D eigenvalue weighted by atomic mass is 9.99. The van der Waals surface area contributed by atoms with Gasteiger partial charge in [-0.1, -0.05) is 72.0 Å². The third-order valence-corrected chi connectivity index (χ3v) is 5.33. The molecular formula is C22H22N2O4S. The molecule has 3 aromatic rings. The van der Waals surface area contributed by atoms with Gasteiger partial charge in [0.05, 0.1) is 6.04 Å². The molecule has 0 aliphatic rings. The Morgan fingerprint density at radius 2 is 1.72 bits per heavy atom. The number of rotatable bonds is 8. The topological polar surface area (TPSA) is 77.4 Å². The lowest BCUT2D eigenvalue weighted by Crippen LogP contribution is -2.34. The van der Waals surface area contributed by atoms with Crippen molar-refractivity contribution in [2.45, 2.75) is 25.9 Å². The van der Waals surface area contributed by atoms with Crippen molar-refractivity contribution in [3.05, 3.63) is 92.5 Å². The quantitative estimate of drug-likeness (QED) is 0.580. The molecule has 1 heterocycles. The fourth-order valence-corrected chi connectivity index (χ4v) is 3.67.